The Labute approximate surface area is 166 Å². The first-order valence-electron chi connectivity index (χ1n) is 8.39. The van der Waals surface area contributed by atoms with E-state index in [1.807, 2.05) is 13.8 Å². The topological polar surface area (TPSA) is 92.8 Å². The first-order chi connectivity index (χ1) is 12.5. The number of carbonyl (C=O) groups excluding carboxylic acids is 4. The van der Waals surface area contributed by atoms with Crippen LogP contribution in [0, 0.1) is 5.92 Å². The van der Waals surface area contributed by atoms with Gasteiger partial charge in [0.2, 0.25) is 0 Å². The maximum Gasteiger partial charge on any atom is 0.329 e. The van der Waals surface area contributed by atoms with Crippen LogP contribution < -0.4 is 5.32 Å². The van der Waals surface area contributed by atoms with Gasteiger partial charge in [-0.2, -0.15) is 0 Å². The SMILES string of the molecule is CC(C)CNC(=O)[C@@H](C)OC(=O)[C@H](C)N1C(=O)c2cc(Cl)c(Cl)cc2C1=O. The molecule has 0 bridgehead atoms. The van der Waals surface area contributed by atoms with Gasteiger partial charge in [-0.25, -0.2) is 4.79 Å². The van der Waals surface area contributed by atoms with Crippen molar-refractivity contribution in [3.63, 3.8) is 0 Å². The van der Waals surface area contributed by atoms with Gasteiger partial charge in [-0.1, -0.05) is 37.0 Å². The summed E-state index contributed by atoms with van der Waals surface area (Å²) in [5, 5.41) is 2.90. The van der Waals surface area contributed by atoms with Crippen molar-refractivity contribution in [2.45, 2.75) is 39.8 Å². The number of benzene rings is 1. The fourth-order valence-corrected chi connectivity index (χ4v) is 2.81. The number of nitrogens with zero attached hydrogens (tertiary/aromatic N) is 1. The fraction of sp³-hybridized carbons (Fsp3) is 0.444. The van der Waals surface area contributed by atoms with Crippen LogP contribution in [-0.2, 0) is 14.3 Å². The molecule has 7 nitrogen and oxygen atoms in total. The highest BCUT2D eigenvalue weighted by molar-refractivity contribution is 6.43. The van der Waals surface area contributed by atoms with Crippen LogP contribution in [-0.4, -0.2) is 47.3 Å². The molecule has 0 radical (unpaired) electrons. The lowest BCUT2D eigenvalue weighted by Gasteiger charge is -2.23. The van der Waals surface area contributed by atoms with Gasteiger partial charge in [0.05, 0.1) is 21.2 Å². The van der Waals surface area contributed by atoms with Gasteiger partial charge < -0.3 is 10.1 Å². The molecule has 1 heterocycles. The summed E-state index contributed by atoms with van der Waals surface area (Å²) in [6.07, 6.45) is -1.06. The average molecular weight is 415 g/mol. The van der Waals surface area contributed by atoms with Crippen LogP contribution in [0.4, 0.5) is 0 Å². The number of imide groups is 1. The molecule has 0 unspecified atom stereocenters. The highest BCUT2D eigenvalue weighted by Crippen LogP contribution is 2.32. The molecule has 1 aromatic rings. The van der Waals surface area contributed by atoms with E-state index >= 15 is 0 Å². The van der Waals surface area contributed by atoms with Gasteiger partial charge in [0.1, 0.15) is 6.04 Å². The minimum atomic E-state index is -1.21. The highest BCUT2D eigenvalue weighted by atomic mass is 35.5. The van der Waals surface area contributed by atoms with Gasteiger partial charge in [0.25, 0.3) is 17.7 Å². The molecule has 2 rings (SSSR count). The van der Waals surface area contributed by atoms with Crippen LogP contribution in [0.5, 0.6) is 0 Å². The van der Waals surface area contributed by atoms with Crippen molar-refractivity contribution < 1.29 is 23.9 Å². The summed E-state index contributed by atoms with van der Waals surface area (Å²) in [5.41, 5.74) is 0.133. The molecular weight excluding hydrogens is 395 g/mol. The lowest BCUT2D eigenvalue weighted by Crippen LogP contribution is -2.46. The molecule has 9 heteroatoms. The number of hydrogen-bond acceptors (Lipinski definition) is 5. The largest absolute Gasteiger partial charge is 0.451 e. The van der Waals surface area contributed by atoms with Crippen molar-refractivity contribution in [3.8, 4) is 0 Å². The molecular formula is C18H20Cl2N2O5. The maximum atomic E-state index is 12.5. The van der Waals surface area contributed by atoms with Crippen molar-refractivity contribution in [1.29, 1.82) is 0 Å². The molecule has 0 saturated carbocycles. The summed E-state index contributed by atoms with van der Waals surface area (Å²) < 4.78 is 5.11. The van der Waals surface area contributed by atoms with E-state index < -0.39 is 35.8 Å². The number of nitrogens with one attached hydrogen (secondary N) is 1. The summed E-state index contributed by atoms with van der Waals surface area (Å²) in [6, 6.07) is 1.37. The van der Waals surface area contributed by atoms with E-state index in [0.29, 0.717) is 6.54 Å². The lowest BCUT2D eigenvalue weighted by atomic mass is 10.1. The van der Waals surface area contributed by atoms with E-state index in [-0.39, 0.29) is 27.1 Å². The van der Waals surface area contributed by atoms with Gasteiger partial charge in [-0.05, 0) is 31.9 Å². The predicted octanol–water partition coefficient (Wildman–Crippen LogP) is 2.68. The molecule has 1 aliphatic heterocycles. The molecule has 2 atom stereocenters. The zero-order chi connectivity index (χ0) is 20.5. The van der Waals surface area contributed by atoms with Crippen molar-refractivity contribution in [1.82, 2.24) is 10.2 Å². The van der Waals surface area contributed by atoms with E-state index in [2.05, 4.69) is 5.32 Å². The minimum absolute atomic E-state index is 0.0665. The van der Waals surface area contributed by atoms with Gasteiger partial charge in [-0.15, -0.1) is 0 Å². The molecule has 3 amide bonds. The number of halogens is 2. The van der Waals surface area contributed by atoms with E-state index in [0.717, 1.165) is 4.90 Å². The molecule has 1 aliphatic rings. The molecule has 0 aliphatic carbocycles. The van der Waals surface area contributed by atoms with Gasteiger partial charge >= 0.3 is 5.97 Å². The van der Waals surface area contributed by atoms with Crippen LogP contribution in [0.15, 0.2) is 12.1 Å². The third kappa shape index (κ3) is 4.42. The number of carbonyl (C=O) groups is 4. The Hall–Kier alpha value is -2.12. The Balaban J connectivity index is 2.10. The summed E-state index contributed by atoms with van der Waals surface area (Å²) in [6.45, 7) is 7.07. The van der Waals surface area contributed by atoms with Gasteiger partial charge in [-0.3, -0.25) is 19.3 Å². The minimum Gasteiger partial charge on any atom is -0.451 e. The highest BCUT2D eigenvalue weighted by Gasteiger charge is 2.42. The quantitative estimate of drug-likeness (QED) is 0.570. The van der Waals surface area contributed by atoms with E-state index in [4.69, 9.17) is 27.9 Å². The lowest BCUT2D eigenvalue weighted by molar-refractivity contribution is -0.158. The van der Waals surface area contributed by atoms with Crippen LogP contribution >= 0.6 is 23.2 Å². The Bertz CT molecular complexity index is 768. The maximum absolute atomic E-state index is 12.5. The van der Waals surface area contributed by atoms with Crippen molar-refractivity contribution in [2.24, 2.45) is 5.92 Å². The first-order valence-corrected chi connectivity index (χ1v) is 9.15. The zero-order valence-electron chi connectivity index (χ0n) is 15.3. The Morgan fingerprint density at radius 2 is 1.52 bits per heavy atom. The Kier molecular flexibility index (Phi) is 6.49. The number of fused-ring (bicyclic) bond motifs is 1. The molecule has 146 valence electrons. The van der Waals surface area contributed by atoms with E-state index in [1.54, 1.807) is 0 Å². The number of rotatable bonds is 6. The third-order valence-corrected chi connectivity index (χ3v) is 4.76. The van der Waals surface area contributed by atoms with Crippen LogP contribution in [0.3, 0.4) is 0 Å². The monoisotopic (exact) mass is 414 g/mol. The Morgan fingerprint density at radius 1 is 1.04 bits per heavy atom. The molecule has 1 N–H and O–H groups in total. The number of hydrogen-bond donors (Lipinski definition) is 1. The van der Waals surface area contributed by atoms with Gasteiger partial charge in [0, 0.05) is 6.54 Å². The Morgan fingerprint density at radius 3 is 1.96 bits per heavy atom. The summed E-state index contributed by atoms with van der Waals surface area (Å²) in [4.78, 5) is 50.1. The third-order valence-electron chi connectivity index (χ3n) is 4.03. The number of amides is 3. The second-order valence-corrected chi connectivity index (χ2v) is 7.50. The van der Waals surface area contributed by atoms with Crippen LogP contribution in [0.25, 0.3) is 0 Å². The average Bonchev–Trinajstić information content (AvgIpc) is 2.83. The van der Waals surface area contributed by atoms with Crippen LogP contribution in [0.2, 0.25) is 10.0 Å². The first kappa shape index (κ1) is 21.2. The standard InChI is InChI=1S/C18H20Cl2N2O5/c1-8(2)7-21-15(23)10(4)27-18(26)9(3)22-16(24)11-5-13(19)14(20)6-12(11)17(22)25/h5-6,8-10H,7H2,1-4H3,(H,21,23)/t9-,10+/m0/s1. The second kappa shape index (κ2) is 8.27. The van der Waals surface area contributed by atoms with Crippen molar-refractivity contribution in [2.75, 3.05) is 6.54 Å². The molecule has 0 saturated heterocycles. The molecule has 0 spiro atoms. The predicted molar refractivity (Wildman–Crippen MR) is 99.8 cm³/mol. The van der Waals surface area contributed by atoms with Crippen molar-refractivity contribution in [3.05, 3.63) is 33.3 Å². The smallest absolute Gasteiger partial charge is 0.329 e. The summed E-state index contributed by atoms with van der Waals surface area (Å²) in [7, 11) is 0. The summed E-state index contributed by atoms with van der Waals surface area (Å²) in [5.74, 6) is -2.42. The van der Waals surface area contributed by atoms with E-state index in [1.165, 1.54) is 26.0 Å². The van der Waals surface area contributed by atoms with Gasteiger partial charge in [0.15, 0.2) is 6.10 Å². The normalized spacial score (nSPS) is 15.6. The fourth-order valence-electron chi connectivity index (χ4n) is 2.48. The van der Waals surface area contributed by atoms with Crippen LogP contribution in [0.1, 0.15) is 48.4 Å². The molecule has 27 heavy (non-hydrogen) atoms. The number of esters is 1. The molecule has 0 aromatic heterocycles. The second-order valence-electron chi connectivity index (χ2n) is 6.69. The molecule has 0 fully saturated rings. The summed E-state index contributed by atoms with van der Waals surface area (Å²) >= 11 is 11.8. The van der Waals surface area contributed by atoms with E-state index in [9.17, 15) is 19.2 Å². The molecule has 1 aromatic carbocycles. The zero-order valence-corrected chi connectivity index (χ0v) is 16.9. The van der Waals surface area contributed by atoms with Crippen molar-refractivity contribution >= 4 is 46.9 Å². The number of ether oxygens (including phenoxy) is 1.